The van der Waals surface area contributed by atoms with Crippen molar-refractivity contribution in [3.05, 3.63) is 262 Å². The minimum Gasteiger partial charge on any atom is -0.357 e. The fraction of sp³-hybridized carbons (Fsp3) is 0.371. The number of aromatic nitrogens is 23. The van der Waals surface area contributed by atoms with Gasteiger partial charge in [-0.3, -0.25) is 53.3 Å². The molecule has 0 atom stereocenters. The summed E-state index contributed by atoms with van der Waals surface area (Å²) in [6.07, 6.45) is 28.5. The number of thioether (sulfide) groups is 1. The second kappa shape index (κ2) is 45.7. The summed E-state index contributed by atoms with van der Waals surface area (Å²) in [6, 6.07) is 29.3. The first-order valence-electron chi connectivity index (χ1n) is 41.3. The average molecular weight is 1740 g/mol. The highest BCUT2D eigenvalue weighted by Crippen LogP contribution is 2.22. The average Bonchev–Trinajstić information content (AvgIpc) is 1.43. The van der Waals surface area contributed by atoms with Crippen LogP contribution < -0.4 is 5.32 Å². The maximum atomic E-state index is 11.7. The highest BCUT2D eigenvalue weighted by atomic mass is 32.2. The van der Waals surface area contributed by atoms with Gasteiger partial charge in [0.2, 0.25) is 5.95 Å². The third-order valence-corrected chi connectivity index (χ3v) is 21.8. The van der Waals surface area contributed by atoms with Crippen molar-refractivity contribution in [3.63, 3.8) is 0 Å². The van der Waals surface area contributed by atoms with Crippen molar-refractivity contribution in [1.29, 1.82) is 0 Å². The zero-order chi connectivity index (χ0) is 89.2. The van der Waals surface area contributed by atoms with Gasteiger partial charge in [-0.2, -0.15) is 20.4 Å². The van der Waals surface area contributed by atoms with E-state index in [4.69, 9.17) is 0 Å². The van der Waals surface area contributed by atoms with Crippen LogP contribution >= 0.6 is 11.8 Å². The number of nitrogens with one attached hydrogen (secondary N) is 1. The minimum atomic E-state index is 0. The second-order valence-electron chi connectivity index (χ2n) is 30.7. The third kappa shape index (κ3) is 25.7. The predicted octanol–water partition coefficient (Wildman–Crippen LogP) is 7.82. The summed E-state index contributed by atoms with van der Waals surface area (Å²) in [4.78, 5) is 122. The summed E-state index contributed by atoms with van der Waals surface area (Å²) >= 11 is 1.50. The van der Waals surface area contributed by atoms with Crippen LogP contribution in [0.1, 0.15) is 122 Å². The molecule has 662 valence electrons. The largest absolute Gasteiger partial charge is 0.357 e. The summed E-state index contributed by atoms with van der Waals surface area (Å²) in [7, 11) is 17.1. The van der Waals surface area contributed by atoms with Crippen molar-refractivity contribution in [2.45, 2.75) is 105 Å². The lowest BCUT2D eigenvalue weighted by Gasteiger charge is -2.24. The number of fused-ring (bicyclic) bond motifs is 11. The van der Waals surface area contributed by atoms with E-state index in [0.717, 1.165) is 202 Å². The van der Waals surface area contributed by atoms with Gasteiger partial charge in [0, 0.05) is 200 Å². The van der Waals surface area contributed by atoms with Crippen molar-refractivity contribution >= 4 is 74.8 Å². The molecule has 0 unspecified atom stereocenters. The van der Waals surface area contributed by atoms with Crippen molar-refractivity contribution in [3.8, 4) is 0 Å². The van der Waals surface area contributed by atoms with E-state index in [1.807, 2.05) is 139 Å². The number of benzene rings is 1. The normalized spacial score (nSPS) is 15.0. The summed E-state index contributed by atoms with van der Waals surface area (Å²) in [5.74, 6) is 2.73. The maximum absolute atomic E-state index is 11.7. The van der Waals surface area contributed by atoms with Crippen LogP contribution in [0.3, 0.4) is 0 Å². The summed E-state index contributed by atoms with van der Waals surface area (Å²) in [6.45, 7) is 18.9. The highest BCUT2D eigenvalue weighted by molar-refractivity contribution is 7.98. The van der Waals surface area contributed by atoms with Crippen LogP contribution in [0, 0.1) is 20.8 Å². The van der Waals surface area contributed by atoms with Crippen molar-refractivity contribution < 1.29 is 24.0 Å². The van der Waals surface area contributed by atoms with Gasteiger partial charge in [-0.05, 0) is 139 Å². The zero-order valence-electron chi connectivity index (χ0n) is 73.4. The highest BCUT2D eigenvalue weighted by Gasteiger charge is 2.27. The monoisotopic (exact) mass is 1740 g/mol. The smallest absolute Gasteiger partial charge is 0.257 e. The molecule has 127 heavy (non-hydrogen) atoms. The Kier molecular flexibility index (Phi) is 33.8. The minimum absolute atomic E-state index is 0. The molecule has 0 bridgehead atoms. The molecule has 0 radical (unpaired) electrons. The van der Waals surface area contributed by atoms with E-state index < -0.39 is 0 Å². The van der Waals surface area contributed by atoms with Gasteiger partial charge < -0.3 is 29.8 Å². The van der Waals surface area contributed by atoms with E-state index in [1.54, 1.807) is 115 Å². The molecule has 0 aliphatic carbocycles. The third-order valence-electron chi connectivity index (χ3n) is 21.2. The Balaban J connectivity index is 0.000000136. The van der Waals surface area contributed by atoms with E-state index in [2.05, 4.69) is 161 Å². The number of aryl methyl sites for hydroxylation is 3. The first-order chi connectivity index (χ1) is 61.0. The molecule has 1 N–H and O–H groups in total. The van der Waals surface area contributed by atoms with Gasteiger partial charge in [0.15, 0.2) is 10.8 Å². The number of nitrogens with zero attached hydrogens (tertiary/aromatic N) is 31. The zero-order valence-corrected chi connectivity index (χ0v) is 74.2. The van der Waals surface area contributed by atoms with E-state index in [0.29, 0.717) is 28.3 Å². The predicted molar refractivity (Wildman–Crippen MR) is 483 cm³/mol. The Morgan fingerprint density at radius 2 is 1.00 bits per heavy atom. The molecule has 0 spiro atoms. The van der Waals surface area contributed by atoms with Gasteiger partial charge in [-0.15, -0.1) is 10.2 Å². The van der Waals surface area contributed by atoms with Gasteiger partial charge >= 0.3 is 0 Å². The molecule has 5 amide bonds. The molecule has 8 aliphatic rings. The lowest BCUT2D eigenvalue weighted by Crippen LogP contribution is -2.35. The fourth-order valence-corrected chi connectivity index (χ4v) is 14.3. The van der Waals surface area contributed by atoms with Gasteiger partial charge in [0.1, 0.15) is 29.8 Å². The molecule has 0 saturated heterocycles. The molecule has 0 saturated carbocycles. The first-order valence-corrected chi connectivity index (χ1v) is 42.5. The molecular weight excluding hydrogens is 1630 g/mol. The molecule has 37 nitrogen and oxygen atoms in total. The summed E-state index contributed by atoms with van der Waals surface area (Å²) in [5, 5.41) is 32.5. The molecule has 14 aromatic rings. The van der Waals surface area contributed by atoms with Crippen LogP contribution in [0.2, 0.25) is 0 Å². The number of likely N-dealkylation sites (N-methyl/N-ethyl adjacent to an activating group) is 8. The second-order valence-corrected chi connectivity index (χ2v) is 31.5. The number of rotatable bonds is 2. The molecule has 1 aromatic carbocycles. The van der Waals surface area contributed by atoms with Crippen LogP contribution in [0.5, 0.6) is 0 Å². The number of carbonyl (C=O) groups is 5. The molecule has 8 aliphatic heterocycles. The van der Waals surface area contributed by atoms with Crippen LogP contribution in [0.15, 0.2) is 177 Å². The fourth-order valence-electron chi connectivity index (χ4n) is 13.9. The molecule has 13 aromatic heterocycles. The van der Waals surface area contributed by atoms with E-state index >= 15 is 0 Å². The quantitative estimate of drug-likeness (QED) is 0.127. The van der Waals surface area contributed by atoms with Crippen LogP contribution in [-0.4, -0.2) is 305 Å². The Morgan fingerprint density at radius 3 is 1.72 bits per heavy atom. The lowest BCUT2D eigenvalue weighted by molar-refractivity contribution is 0.0770. The van der Waals surface area contributed by atoms with Crippen LogP contribution in [0.4, 0.5) is 5.95 Å². The number of hydrogen-bond donors (Lipinski definition) is 1. The van der Waals surface area contributed by atoms with Gasteiger partial charge in [0.25, 0.3) is 29.5 Å². The number of amides is 5. The van der Waals surface area contributed by atoms with E-state index in [-0.39, 0.29) is 37.0 Å². The Hall–Kier alpha value is -13.9. The Morgan fingerprint density at radius 1 is 0.417 bits per heavy atom. The first kappa shape index (κ1) is 93.8. The SMILES string of the molecule is C.CN1CCc2ccccc2C1=O.CN1CCc2ncccc2C1=O.CN1CCc2ncncc2C1=O.CN1CCn2nccc2C1.CN1CCn2ncnc2C1.CN1CCn2nncc2C1.CNc1ncc2c(n1)CCN(C)C2=O.CSc1ncc2c(n1)CCN(C)C2=O.Cc1cc2cccnc2nn1.Cc1ccn2nccc2c1.Cc1ncc2ncccc2n1. The Bertz CT molecular complexity index is 5590. The van der Waals surface area contributed by atoms with Crippen molar-refractivity contribution in [1.82, 2.24) is 153 Å². The van der Waals surface area contributed by atoms with E-state index in [9.17, 15) is 24.0 Å². The number of anilines is 1. The van der Waals surface area contributed by atoms with Gasteiger partial charge in [-0.25, -0.2) is 63.7 Å². The standard InChI is InChI=1S/C10H11NO.C9H12N4O.C9H11N3OS.C9H10N2O.C8H9N3O.2C8H7N3.C8H8N2.C7H11N3.2C6H10N4.CH4/c1-11-7-6-8-4-2-3-5-9(8)10(11)12;1-10-9-11-5-6-7(12-9)3-4-13(2)8(6)14;1-12-4-3-7-6(8(12)13)5-10-9(11-7)14-2;1-11-6-4-8-7(9(11)12)3-2-5-10-8;1-11-3-2-7-6(8(11)12)4-9-5-10-7;1-6-10-5-8-7(11-6)3-2-4-9-8;1-6-5-7-3-2-4-9-8(7)11-10-6;1-7-3-5-10-8(6-7)2-4-9-10;1-9-4-5-10-7(6-9)2-3-8-10;1-9-2-3-10-6(4-9)7-5-8-10;1-9-2-3-10-6(5-9)4-7-8-10;/h2-5H,6-7H2,1H3;5H,3-4H2,1-2H3,(H,10,11,12);5H,3-4H2,1-2H3;2-3,5H,4,6H2,1H3;4-5H,2-3H2,1H3;2*2-5H,1H3;2-6H,1H3;2-3H,4-6H2,1H3;5H,2-4H2,1H3;4H,2-3,5H2,1H3;1H4. The number of hydrogen-bond acceptors (Lipinski definition) is 29. The van der Waals surface area contributed by atoms with Crippen molar-refractivity contribution in [2.75, 3.05) is 127 Å². The Labute approximate surface area is 742 Å². The molecule has 22 rings (SSSR count). The molecule has 38 heteroatoms. The molecular formula is C89H110N32O5S. The summed E-state index contributed by atoms with van der Waals surface area (Å²) in [5.41, 5.74) is 16.6. The van der Waals surface area contributed by atoms with Crippen LogP contribution in [-0.2, 0) is 71.4 Å². The summed E-state index contributed by atoms with van der Waals surface area (Å²) < 4.78 is 7.84. The van der Waals surface area contributed by atoms with Gasteiger partial charge in [0.05, 0.1) is 112 Å². The maximum Gasteiger partial charge on any atom is 0.257 e. The van der Waals surface area contributed by atoms with Gasteiger partial charge in [-0.1, -0.05) is 42.6 Å². The molecule has 0 fully saturated rings. The number of carbonyl (C=O) groups excluding carboxylic acids is 5. The molecule has 21 heterocycles. The van der Waals surface area contributed by atoms with Crippen LogP contribution in [0.25, 0.3) is 27.6 Å². The van der Waals surface area contributed by atoms with Crippen molar-refractivity contribution in [2.24, 2.45) is 0 Å². The topological polar surface area (TPSA) is 387 Å². The number of pyridine rings is 4. The van der Waals surface area contributed by atoms with E-state index in [1.165, 1.54) is 40.6 Å². The lowest BCUT2D eigenvalue weighted by atomic mass is 10.00.